The van der Waals surface area contributed by atoms with E-state index in [4.69, 9.17) is 0 Å². The van der Waals surface area contributed by atoms with Crippen molar-refractivity contribution in [2.24, 2.45) is 5.92 Å². The average molecular weight is 366 g/mol. The number of hydrogen-bond donors (Lipinski definition) is 0. The molecule has 2 aliphatic rings. The highest BCUT2D eigenvalue weighted by atomic mass is 32.2. The van der Waals surface area contributed by atoms with Crippen LogP contribution in [0.5, 0.6) is 0 Å². The van der Waals surface area contributed by atoms with Crippen molar-refractivity contribution in [3.05, 3.63) is 30.1 Å². The van der Waals surface area contributed by atoms with E-state index in [-0.39, 0.29) is 11.8 Å². The molecule has 3 rings (SSSR count). The van der Waals surface area contributed by atoms with E-state index in [1.807, 2.05) is 17.0 Å². The zero-order valence-corrected chi connectivity index (χ0v) is 15.5. The van der Waals surface area contributed by atoms with E-state index in [1.54, 1.807) is 12.4 Å². The fourth-order valence-electron chi connectivity index (χ4n) is 3.58. The van der Waals surface area contributed by atoms with Gasteiger partial charge in [-0.25, -0.2) is 12.7 Å². The molecule has 3 heterocycles. The van der Waals surface area contributed by atoms with E-state index in [2.05, 4.69) is 9.88 Å². The van der Waals surface area contributed by atoms with Crippen molar-refractivity contribution in [2.75, 3.05) is 45.5 Å². The van der Waals surface area contributed by atoms with Gasteiger partial charge in [0.05, 0.1) is 12.2 Å². The molecule has 0 spiro atoms. The quantitative estimate of drug-likeness (QED) is 0.771. The van der Waals surface area contributed by atoms with Crippen LogP contribution in [-0.2, 0) is 21.4 Å². The van der Waals surface area contributed by atoms with Crippen molar-refractivity contribution in [3.8, 4) is 0 Å². The van der Waals surface area contributed by atoms with E-state index < -0.39 is 10.0 Å². The summed E-state index contributed by atoms with van der Waals surface area (Å²) in [5.41, 5.74) is 1.23. The van der Waals surface area contributed by atoms with E-state index in [9.17, 15) is 13.2 Å². The summed E-state index contributed by atoms with van der Waals surface area (Å²) in [5.74, 6) is -0.0906. The highest BCUT2D eigenvalue weighted by molar-refractivity contribution is 7.88. The molecule has 1 aromatic heterocycles. The van der Waals surface area contributed by atoms with E-state index in [1.165, 1.54) is 16.1 Å². The molecule has 2 saturated heterocycles. The van der Waals surface area contributed by atoms with Crippen molar-refractivity contribution in [2.45, 2.75) is 19.4 Å². The molecule has 1 unspecified atom stereocenters. The number of aromatic nitrogens is 1. The van der Waals surface area contributed by atoms with Gasteiger partial charge in [0.2, 0.25) is 15.9 Å². The molecule has 2 fully saturated rings. The monoisotopic (exact) mass is 366 g/mol. The maximum absolute atomic E-state index is 12.8. The largest absolute Gasteiger partial charge is 0.340 e. The van der Waals surface area contributed by atoms with Crippen LogP contribution in [0.3, 0.4) is 0 Å². The van der Waals surface area contributed by atoms with Crippen LogP contribution in [0.2, 0.25) is 0 Å². The summed E-state index contributed by atoms with van der Waals surface area (Å²) in [5, 5.41) is 0. The van der Waals surface area contributed by atoms with E-state index in [0.29, 0.717) is 26.2 Å². The number of piperazine rings is 1. The van der Waals surface area contributed by atoms with Crippen molar-refractivity contribution >= 4 is 15.9 Å². The van der Waals surface area contributed by atoms with Gasteiger partial charge in [0.15, 0.2) is 0 Å². The number of amides is 1. The fourth-order valence-corrected chi connectivity index (χ4v) is 4.49. The predicted molar refractivity (Wildman–Crippen MR) is 95.2 cm³/mol. The Morgan fingerprint density at radius 1 is 1.16 bits per heavy atom. The van der Waals surface area contributed by atoms with Gasteiger partial charge in [-0.2, -0.15) is 0 Å². The second-order valence-corrected chi connectivity index (χ2v) is 8.90. The third-order valence-corrected chi connectivity index (χ3v) is 6.31. The lowest BCUT2D eigenvalue weighted by atomic mass is 9.97. The molecule has 0 N–H and O–H groups in total. The topological polar surface area (TPSA) is 73.8 Å². The SMILES string of the molecule is CS(=O)(=O)N1CCCC(C(=O)N2CCN(Cc3ccncc3)CC2)C1. The molecule has 8 heteroatoms. The molecule has 0 bridgehead atoms. The number of pyridine rings is 1. The minimum Gasteiger partial charge on any atom is -0.340 e. The number of hydrogen-bond acceptors (Lipinski definition) is 5. The first kappa shape index (κ1) is 18.3. The third kappa shape index (κ3) is 4.77. The highest BCUT2D eigenvalue weighted by Gasteiger charge is 2.33. The maximum atomic E-state index is 12.8. The lowest BCUT2D eigenvalue weighted by Gasteiger charge is -2.38. The summed E-state index contributed by atoms with van der Waals surface area (Å²) in [7, 11) is -3.22. The molecule has 0 aromatic carbocycles. The van der Waals surface area contributed by atoms with Crippen LogP contribution in [0.1, 0.15) is 18.4 Å². The molecule has 0 saturated carbocycles. The number of piperidine rings is 1. The van der Waals surface area contributed by atoms with Crippen molar-refractivity contribution in [3.63, 3.8) is 0 Å². The highest BCUT2D eigenvalue weighted by Crippen LogP contribution is 2.21. The molecular weight excluding hydrogens is 340 g/mol. The smallest absolute Gasteiger partial charge is 0.227 e. The van der Waals surface area contributed by atoms with Gasteiger partial charge in [-0.05, 0) is 30.5 Å². The van der Waals surface area contributed by atoms with Gasteiger partial charge in [0.1, 0.15) is 0 Å². The van der Waals surface area contributed by atoms with Crippen molar-refractivity contribution < 1.29 is 13.2 Å². The molecule has 25 heavy (non-hydrogen) atoms. The average Bonchev–Trinajstić information content (AvgIpc) is 2.62. The Bertz CT molecular complexity index is 687. The maximum Gasteiger partial charge on any atom is 0.227 e. The number of carbonyl (C=O) groups is 1. The van der Waals surface area contributed by atoms with Gasteiger partial charge in [0.25, 0.3) is 0 Å². The van der Waals surface area contributed by atoms with Gasteiger partial charge < -0.3 is 4.90 Å². The predicted octanol–water partition coefficient (Wildman–Crippen LogP) is 0.397. The summed E-state index contributed by atoms with van der Waals surface area (Å²) in [6.45, 7) is 4.83. The first-order chi connectivity index (χ1) is 11.9. The lowest BCUT2D eigenvalue weighted by Crippen LogP contribution is -2.52. The summed E-state index contributed by atoms with van der Waals surface area (Å²) in [4.78, 5) is 21.0. The summed E-state index contributed by atoms with van der Waals surface area (Å²) >= 11 is 0. The Balaban J connectivity index is 1.51. The zero-order valence-electron chi connectivity index (χ0n) is 14.7. The van der Waals surface area contributed by atoms with Gasteiger partial charge in [-0.15, -0.1) is 0 Å². The van der Waals surface area contributed by atoms with Crippen molar-refractivity contribution in [1.29, 1.82) is 0 Å². The Labute approximate surface area is 149 Å². The third-order valence-electron chi connectivity index (χ3n) is 5.04. The van der Waals surface area contributed by atoms with Crippen LogP contribution in [0.25, 0.3) is 0 Å². The van der Waals surface area contributed by atoms with Crippen LogP contribution >= 0.6 is 0 Å². The van der Waals surface area contributed by atoms with E-state index >= 15 is 0 Å². The Kier molecular flexibility index (Phi) is 5.71. The van der Waals surface area contributed by atoms with Crippen LogP contribution in [-0.4, -0.2) is 78.9 Å². The summed E-state index contributed by atoms with van der Waals surface area (Å²) in [6, 6.07) is 4.03. The number of rotatable bonds is 4. The van der Waals surface area contributed by atoms with Crippen LogP contribution in [0.4, 0.5) is 0 Å². The molecular formula is C17H26N4O3S. The van der Waals surface area contributed by atoms with Crippen LogP contribution < -0.4 is 0 Å². The molecule has 1 atom stereocenters. The second kappa shape index (κ2) is 7.80. The second-order valence-electron chi connectivity index (χ2n) is 6.92. The van der Waals surface area contributed by atoms with Gasteiger partial charge in [-0.3, -0.25) is 14.7 Å². The summed E-state index contributed by atoms with van der Waals surface area (Å²) < 4.78 is 24.9. The molecule has 1 amide bonds. The Morgan fingerprint density at radius 3 is 2.48 bits per heavy atom. The Morgan fingerprint density at radius 2 is 1.84 bits per heavy atom. The molecule has 0 radical (unpaired) electrons. The van der Waals surface area contributed by atoms with Crippen LogP contribution in [0.15, 0.2) is 24.5 Å². The number of sulfonamides is 1. The van der Waals surface area contributed by atoms with Gasteiger partial charge in [-0.1, -0.05) is 0 Å². The molecule has 0 aliphatic carbocycles. The Hall–Kier alpha value is -1.51. The van der Waals surface area contributed by atoms with Crippen LogP contribution in [0, 0.1) is 5.92 Å². The fraction of sp³-hybridized carbons (Fsp3) is 0.647. The standard InChI is InChI=1S/C17H26N4O3S/c1-25(23,24)21-8-2-3-16(14-21)17(22)20-11-9-19(10-12-20)13-15-4-6-18-7-5-15/h4-7,16H,2-3,8-14H2,1H3. The lowest BCUT2D eigenvalue weighted by molar-refractivity contribution is -0.138. The molecule has 2 aliphatic heterocycles. The zero-order chi connectivity index (χ0) is 17.9. The first-order valence-electron chi connectivity index (χ1n) is 8.78. The van der Waals surface area contributed by atoms with Crippen molar-refractivity contribution in [1.82, 2.24) is 19.1 Å². The normalized spacial score (nSPS) is 23.6. The molecule has 138 valence electrons. The van der Waals surface area contributed by atoms with Gasteiger partial charge >= 0.3 is 0 Å². The van der Waals surface area contributed by atoms with E-state index in [0.717, 1.165) is 32.5 Å². The van der Waals surface area contributed by atoms with Gasteiger partial charge in [0, 0.05) is 58.2 Å². The minimum absolute atomic E-state index is 0.108. The summed E-state index contributed by atoms with van der Waals surface area (Å²) in [6.07, 6.45) is 6.35. The minimum atomic E-state index is -3.22. The number of carbonyl (C=O) groups excluding carboxylic acids is 1. The number of nitrogens with zero attached hydrogens (tertiary/aromatic N) is 4. The first-order valence-corrected chi connectivity index (χ1v) is 10.6. The molecule has 7 nitrogen and oxygen atoms in total. The molecule has 1 aromatic rings.